The highest BCUT2D eigenvalue weighted by Crippen LogP contribution is 2.18. The number of nitrogens with one attached hydrogen (secondary N) is 1. The molecule has 1 N–H and O–H groups in total. The van der Waals surface area contributed by atoms with Crippen LogP contribution >= 0.6 is 0 Å². The molecule has 0 amide bonds. The van der Waals surface area contributed by atoms with E-state index in [0.29, 0.717) is 25.4 Å². The molecule has 7 heteroatoms. The fourth-order valence-corrected chi connectivity index (χ4v) is 4.75. The summed E-state index contributed by atoms with van der Waals surface area (Å²) in [4.78, 5) is 0. The van der Waals surface area contributed by atoms with E-state index in [1.807, 2.05) is 35.0 Å². The number of hydrogen-bond acceptors (Lipinski definition) is 5. The first-order chi connectivity index (χ1) is 11.1. The van der Waals surface area contributed by atoms with Crippen LogP contribution in [0.3, 0.4) is 0 Å². The summed E-state index contributed by atoms with van der Waals surface area (Å²) in [6.07, 6.45) is 4.29. The molecule has 1 aliphatic heterocycles. The third-order valence-electron chi connectivity index (χ3n) is 4.26. The van der Waals surface area contributed by atoms with Crippen molar-refractivity contribution in [3.8, 4) is 0 Å². The lowest BCUT2D eigenvalue weighted by Gasteiger charge is -2.22. The molecule has 0 spiro atoms. The molecule has 0 saturated carbocycles. The molecular formula is C16H22N4O2S. The largest absolute Gasteiger partial charge is 0.310 e. The first-order valence-corrected chi connectivity index (χ1v) is 9.70. The van der Waals surface area contributed by atoms with Crippen LogP contribution in [0.5, 0.6) is 0 Å². The Morgan fingerprint density at radius 2 is 2.04 bits per heavy atom. The molecule has 1 aromatic carbocycles. The molecule has 0 unspecified atom stereocenters. The van der Waals surface area contributed by atoms with Crippen molar-refractivity contribution in [2.24, 2.45) is 0 Å². The van der Waals surface area contributed by atoms with E-state index in [4.69, 9.17) is 0 Å². The predicted molar refractivity (Wildman–Crippen MR) is 88.7 cm³/mol. The van der Waals surface area contributed by atoms with Crippen molar-refractivity contribution in [3.63, 3.8) is 0 Å². The van der Waals surface area contributed by atoms with Gasteiger partial charge < -0.3 is 5.32 Å². The summed E-state index contributed by atoms with van der Waals surface area (Å²) in [5.74, 6) is 0.326. The van der Waals surface area contributed by atoms with E-state index >= 15 is 0 Å². The van der Waals surface area contributed by atoms with E-state index < -0.39 is 9.84 Å². The summed E-state index contributed by atoms with van der Waals surface area (Å²) in [5, 5.41) is 11.1. The molecule has 1 aliphatic rings. The van der Waals surface area contributed by atoms with E-state index in [9.17, 15) is 8.42 Å². The zero-order valence-corrected chi connectivity index (χ0v) is 13.9. The Morgan fingerprint density at radius 1 is 1.22 bits per heavy atom. The number of nitrogens with zero attached hydrogens (tertiary/aromatic N) is 3. The molecule has 1 atom stereocenters. The summed E-state index contributed by atoms with van der Waals surface area (Å²) in [6, 6.07) is 10.1. The highest BCUT2D eigenvalue weighted by Gasteiger charge is 2.28. The average molecular weight is 334 g/mol. The van der Waals surface area contributed by atoms with Crippen molar-refractivity contribution < 1.29 is 8.42 Å². The van der Waals surface area contributed by atoms with Gasteiger partial charge in [0, 0.05) is 13.1 Å². The van der Waals surface area contributed by atoms with Crippen LogP contribution < -0.4 is 5.32 Å². The van der Waals surface area contributed by atoms with Crippen molar-refractivity contribution in [1.82, 2.24) is 20.3 Å². The highest BCUT2D eigenvalue weighted by atomic mass is 32.2. The maximum atomic E-state index is 12.0. The Kier molecular flexibility index (Phi) is 5.07. The molecule has 2 aromatic rings. The van der Waals surface area contributed by atoms with E-state index in [1.54, 1.807) is 6.20 Å². The number of hydrogen-bond donors (Lipinski definition) is 1. The molecular weight excluding hydrogens is 312 g/mol. The van der Waals surface area contributed by atoms with E-state index in [0.717, 1.165) is 30.5 Å². The van der Waals surface area contributed by atoms with Gasteiger partial charge in [-0.1, -0.05) is 42.0 Å². The van der Waals surface area contributed by atoms with Gasteiger partial charge in [-0.2, -0.15) is 0 Å². The molecule has 6 nitrogen and oxygen atoms in total. The van der Waals surface area contributed by atoms with Crippen LogP contribution in [-0.4, -0.2) is 41.0 Å². The van der Waals surface area contributed by atoms with Crippen LogP contribution in [0.25, 0.3) is 0 Å². The number of aromatic nitrogens is 3. The predicted octanol–water partition coefficient (Wildman–Crippen LogP) is 1.38. The van der Waals surface area contributed by atoms with Crippen LogP contribution in [0.15, 0.2) is 36.5 Å². The lowest BCUT2D eigenvalue weighted by molar-refractivity contribution is 0.513. The maximum Gasteiger partial charge on any atom is 0.154 e. The van der Waals surface area contributed by atoms with Crippen LogP contribution in [0, 0.1) is 0 Å². The number of benzene rings is 1. The Labute approximate surface area is 136 Å². The Hall–Kier alpha value is -1.73. The summed E-state index contributed by atoms with van der Waals surface area (Å²) in [6.45, 7) is 1.74. The van der Waals surface area contributed by atoms with Crippen LogP contribution in [0.4, 0.5) is 0 Å². The van der Waals surface area contributed by atoms with Gasteiger partial charge in [-0.05, 0) is 18.4 Å². The minimum Gasteiger partial charge on any atom is -0.310 e. The minimum absolute atomic E-state index is 0.255. The van der Waals surface area contributed by atoms with Crippen molar-refractivity contribution >= 4 is 9.84 Å². The van der Waals surface area contributed by atoms with Crippen molar-refractivity contribution in [2.45, 2.75) is 37.6 Å². The summed E-state index contributed by atoms with van der Waals surface area (Å²) in [7, 11) is -2.92. The van der Waals surface area contributed by atoms with Gasteiger partial charge in [0.1, 0.15) is 0 Å². The first-order valence-electron chi connectivity index (χ1n) is 7.99. The molecule has 1 saturated heterocycles. The molecule has 3 rings (SSSR count). The molecule has 23 heavy (non-hydrogen) atoms. The average Bonchev–Trinajstić information content (AvgIpc) is 2.97. The molecule has 124 valence electrons. The van der Waals surface area contributed by atoms with Crippen molar-refractivity contribution in [2.75, 3.05) is 12.3 Å². The Morgan fingerprint density at radius 3 is 2.83 bits per heavy atom. The summed E-state index contributed by atoms with van der Waals surface area (Å²) < 4.78 is 25.9. The molecule has 2 heterocycles. The summed E-state index contributed by atoms with van der Waals surface area (Å²) >= 11 is 0. The quantitative estimate of drug-likeness (QED) is 0.864. The molecule has 0 radical (unpaired) electrons. The lowest BCUT2D eigenvalue weighted by Crippen LogP contribution is -2.37. The SMILES string of the molecule is O=S1(=O)CCCC[C@@H]1CNCc1cnnn1Cc1ccccc1. The smallest absolute Gasteiger partial charge is 0.154 e. The molecule has 0 aliphatic carbocycles. The van der Waals surface area contributed by atoms with Gasteiger partial charge in [0.15, 0.2) is 9.84 Å². The fraction of sp³-hybridized carbons (Fsp3) is 0.500. The maximum absolute atomic E-state index is 12.0. The number of rotatable bonds is 6. The van der Waals surface area contributed by atoms with Crippen LogP contribution in [0.1, 0.15) is 30.5 Å². The van der Waals surface area contributed by atoms with Gasteiger partial charge >= 0.3 is 0 Å². The topological polar surface area (TPSA) is 76.9 Å². The van der Waals surface area contributed by atoms with Crippen molar-refractivity contribution in [1.29, 1.82) is 0 Å². The van der Waals surface area contributed by atoms with Gasteiger partial charge in [0.2, 0.25) is 0 Å². The zero-order valence-electron chi connectivity index (χ0n) is 13.1. The second kappa shape index (κ2) is 7.23. The normalized spacial score (nSPS) is 20.4. The summed E-state index contributed by atoms with van der Waals surface area (Å²) in [5.41, 5.74) is 2.12. The second-order valence-corrected chi connectivity index (χ2v) is 8.38. The third kappa shape index (κ3) is 4.17. The molecule has 1 aromatic heterocycles. The van der Waals surface area contributed by atoms with Gasteiger partial charge in [-0.3, -0.25) is 0 Å². The monoisotopic (exact) mass is 334 g/mol. The van der Waals surface area contributed by atoms with E-state index in [2.05, 4.69) is 15.6 Å². The zero-order chi connectivity index (χ0) is 16.1. The van der Waals surface area contributed by atoms with Gasteiger partial charge in [-0.25, -0.2) is 13.1 Å². The lowest BCUT2D eigenvalue weighted by atomic mass is 10.2. The van der Waals surface area contributed by atoms with Crippen LogP contribution in [-0.2, 0) is 22.9 Å². The van der Waals surface area contributed by atoms with Gasteiger partial charge in [0.25, 0.3) is 0 Å². The fourth-order valence-electron chi connectivity index (χ4n) is 2.92. The van der Waals surface area contributed by atoms with Crippen molar-refractivity contribution in [3.05, 3.63) is 47.8 Å². The Bertz CT molecular complexity index is 728. The molecule has 0 bridgehead atoms. The second-order valence-electron chi connectivity index (χ2n) is 5.98. The minimum atomic E-state index is -2.92. The highest BCUT2D eigenvalue weighted by molar-refractivity contribution is 7.92. The van der Waals surface area contributed by atoms with Gasteiger partial charge in [-0.15, -0.1) is 5.10 Å². The van der Waals surface area contributed by atoms with Gasteiger partial charge in [0.05, 0.1) is 29.4 Å². The molecule has 1 fully saturated rings. The Balaban J connectivity index is 1.56. The van der Waals surface area contributed by atoms with E-state index in [-0.39, 0.29) is 5.25 Å². The van der Waals surface area contributed by atoms with E-state index in [1.165, 1.54) is 0 Å². The first kappa shape index (κ1) is 16.1. The van der Waals surface area contributed by atoms with Crippen LogP contribution in [0.2, 0.25) is 0 Å². The third-order valence-corrected chi connectivity index (χ3v) is 6.54. The standard InChI is InChI=1S/C16H22N4O2S/c21-23(22)9-5-4-8-16(23)12-17-10-15-11-18-19-20(15)13-14-6-2-1-3-7-14/h1-3,6-7,11,16-17H,4-5,8-10,12-13H2/t16-/m1/s1. The number of sulfone groups is 1.